The molecule has 0 atom stereocenters. The van der Waals surface area contributed by atoms with Crippen molar-refractivity contribution in [1.82, 2.24) is 0 Å². The third-order valence-electron chi connectivity index (χ3n) is 2.96. The van der Waals surface area contributed by atoms with Crippen molar-refractivity contribution >= 4 is 10.2 Å². The zero-order valence-corrected chi connectivity index (χ0v) is 13.3. The first kappa shape index (κ1) is 24.7. The predicted octanol–water partition coefficient (Wildman–Crippen LogP) is 4.30. The summed E-state index contributed by atoms with van der Waals surface area (Å²) >= 11 is 0. The Morgan fingerprint density at radius 1 is 0.759 bits per heavy atom. The van der Waals surface area contributed by atoms with Gasteiger partial charge in [0.25, 0.3) is 0 Å². The minimum absolute atomic E-state index is 0.416. The summed E-state index contributed by atoms with van der Waals surface area (Å²) in [5.74, 6) is -19.8. The summed E-state index contributed by atoms with van der Waals surface area (Å²) in [6.07, 6.45) is -14.5. The molecule has 1 aromatic rings. The lowest BCUT2D eigenvalue weighted by Crippen LogP contribution is -2.54. The van der Waals surface area contributed by atoms with Crippen LogP contribution in [0.1, 0.15) is 11.1 Å². The molecule has 4 nitrogen and oxygen atoms in total. The average Bonchev–Trinajstić information content (AvgIpc) is 2.51. The molecule has 0 heterocycles. The first-order valence-corrected chi connectivity index (χ1v) is 7.47. The lowest BCUT2D eigenvalue weighted by Gasteiger charge is -2.31. The second kappa shape index (κ2) is 6.90. The van der Waals surface area contributed by atoms with Crippen molar-refractivity contribution in [2.45, 2.75) is 23.4 Å². The van der Waals surface area contributed by atoms with Crippen LogP contribution in [-0.4, -0.2) is 25.9 Å². The number of ether oxygens (including phenoxy) is 1. The number of nitrogens with zero attached hydrogens (tertiary/aromatic N) is 1. The van der Waals surface area contributed by atoms with E-state index in [1.54, 1.807) is 4.74 Å². The summed E-state index contributed by atoms with van der Waals surface area (Å²) in [4.78, 5) is 0. The van der Waals surface area contributed by atoms with Crippen LogP contribution in [0.15, 0.2) is 0 Å². The number of nitriles is 1. The third kappa shape index (κ3) is 3.68. The highest BCUT2D eigenvalue weighted by atomic mass is 32.3. The number of hydrogen-bond donors (Lipinski definition) is 0. The standard InChI is InChI=1S/C11F13NO3S/c12-4-2(1-25)5(13)7(15)3(6(4)14)8(16,17)9(18,19)28-10(20,21)11(22,23)29(24,26)27. The molecule has 0 saturated carbocycles. The van der Waals surface area contributed by atoms with Crippen LogP contribution >= 0.6 is 0 Å². The van der Waals surface area contributed by atoms with E-state index < -0.39 is 68.0 Å². The Bertz CT molecular complexity index is 954. The first-order valence-electron chi connectivity index (χ1n) is 6.09. The molecule has 18 heteroatoms. The number of hydrogen-bond acceptors (Lipinski definition) is 4. The molecule has 0 saturated heterocycles. The van der Waals surface area contributed by atoms with Crippen LogP contribution in [0.3, 0.4) is 0 Å². The van der Waals surface area contributed by atoms with Gasteiger partial charge in [-0.15, -0.1) is 0 Å². The normalized spacial score (nSPS) is 14.1. The lowest BCUT2D eigenvalue weighted by molar-refractivity contribution is -0.460. The van der Waals surface area contributed by atoms with E-state index in [0.29, 0.717) is 6.07 Å². The molecule has 0 aliphatic carbocycles. The van der Waals surface area contributed by atoms with Crippen molar-refractivity contribution in [1.29, 1.82) is 5.26 Å². The molecule has 0 bridgehead atoms. The van der Waals surface area contributed by atoms with Crippen molar-refractivity contribution in [3.8, 4) is 6.07 Å². The van der Waals surface area contributed by atoms with Gasteiger partial charge in [-0.05, 0) is 0 Å². The molecule has 1 rings (SSSR count). The Hall–Kier alpha value is -2.29. The maximum atomic E-state index is 13.7. The smallest absolute Gasteiger partial charge is 0.244 e. The van der Waals surface area contributed by atoms with Gasteiger partial charge in [0, 0.05) is 0 Å². The van der Waals surface area contributed by atoms with Gasteiger partial charge in [-0.2, -0.15) is 48.8 Å². The van der Waals surface area contributed by atoms with E-state index in [4.69, 9.17) is 5.26 Å². The molecule has 29 heavy (non-hydrogen) atoms. The fourth-order valence-electron chi connectivity index (χ4n) is 1.58. The number of halogens is 13. The van der Waals surface area contributed by atoms with Crippen LogP contribution in [0.25, 0.3) is 0 Å². The van der Waals surface area contributed by atoms with Crippen molar-refractivity contribution in [2.75, 3.05) is 0 Å². The highest BCUT2D eigenvalue weighted by Gasteiger charge is 2.75. The Balaban J connectivity index is 3.68. The van der Waals surface area contributed by atoms with Crippen LogP contribution in [-0.2, 0) is 20.9 Å². The van der Waals surface area contributed by atoms with Crippen molar-refractivity contribution in [3.05, 3.63) is 34.4 Å². The van der Waals surface area contributed by atoms with E-state index in [-0.39, 0.29) is 0 Å². The molecule has 0 amide bonds. The van der Waals surface area contributed by atoms with Crippen LogP contribution in [0, 0.1) is 34.6 Å². The van der Waals surface area contributed by atoms with E-state index in [2.05, 4.69) is 0 Å². The minimum atomic E-state index is -7.77. The molecular formula is C11F13NO3S. The van der Waals surface area contributed by atoms with E-state index in [1.165, 1.54) is 0 Å². The van der Waals surface area contributed by atoms with E-state index in [0.717, 1.165) is 0 Å². The van der Waals surface area contributed by atoms with Crippen molar-refractivity contribution < 1.29 is 69.7 Å². The first-order chi connectivity index (χ1) is 12.7. The Morgan fingerprint density at radius 2 is 1.14 bits per heavy atom. The van der Waals surface area contributed by atoms with E-state index in [1.807, 2.05) is 0 Å². The van der Waals surface area contributed by atoms with Crippen LogP contribution in [0.5, 0.6) is 0 Å². The summed E-state index contributed by atoms with van der Waals surface area (Å²) in [7, 11) is -7.77. The molecule has 0 N–H and O–H groups in total. The molecule has 0 aromatic heterocycles. The maximum absolute atomic E-state index is 13.7. The van der Waals surface area contributed by atoms with Gasteiger partial charge in [-0.1, -0.05) is 3.89 Å². The quantitative estimate of drug-likeness (QED) is 0.351. The molecular weight excluding hydrogens is 473 g/mol. The van der Waals surface area contributed by atoms with Crippen LogP contribution < -0.4 is 0 Å². The van der Waals surface area contributed by atoms with Crippen molar-refractivity contribution in [2.24, 2.45) is 0 Å². The fraction of sp³-hybridized carbons (Fsp3) is 0.364. The molecule has 0 aliphatic rings. The SMILES string of the molecule is N#Cc1c(F)c(F)c(C(F)(F)C(F)(F)OC(F)(F)C(F)(F)S(=O)(=O)F)c(F)c1F. The monoisotopic (exact) mass is 473 g/mol. The zero-order valence-electron chi connectivity index (χ0n) is 12.5. The highest BCUT2D eigenvalue weighted by molar-refractivity contribution is 7.87. The number of benzene rings is 1. The molecule has 164 valence electrons. The topological polar surface area (TPSA) is 67.2 Å². The molecule has 0 radical (unpaired) electrons. The lowest BCUT2D eigenvalue weighted by atomic mass is 10.0. The molecule has 0 aliphatic heterocycles. The minimum Gasteiger partial charge on any atom is -0.244 e. The van der Waals surface area contributed by atoms with Gasteiger partial charge in [-0.25, -0.2) is 22.3 Å². The molecule has 0 spiro atoms. The summed E-state index contributed by atoms with van der Waals surface area (Å²) in [6, 6.07) is 0.416. The molecule has 0 unspecified atom stereocenters. The van der Waals surface area contributed by atoms with Crippen LogP contribution in [0.4, 0.5) is 56.6 Å². The second-order valence-corrected chi connectivity index (χ2v) is 6.17. The van der Waals surface area contributed by atoms with Gasteiger partial charge >= 0.3 is 33.6 Å². The largest absolute Gasteiger partial charge is 0.464 e. The summed E-state index contributed by atoms with van der Waals surface area (Å²) in [5, 5.41) is 1.01. The summed E-state index contributed by atoms with van der Waals surface area (Å²) < 4.78 is 192. The molecule has 1 aromatic carbocycles. The summed E-state index contributed by atoms with van der Waals surface area (Å²) in [6.45, 7) is 0. The molecule has 0 fully saturated rings. The van der Waals surface area contributed by atoms with E-state index >= 15 is 0 Å². The number of rotatable bonds is 6. The van der Waals surface area contributed by atoms with Gasteiger partial charge in [0.05, 0.1) is 0 Å². The van der Waals surface area contributed by atoms with Crippen LogP contribution in [0.2, 0.25) is 0 Å². The fourth-order valence-corrected chi connectivity index (χ4v) is 1.90. The summed E-state index contributed by atoms with van der Waals surface area (Å²) in [5.41, 5.74) is -5.93. The average molecular weight is 473 g/mol. The second-order valence-electron chi connectivity index (χ2n) is 4.78. The van der Waals surface area contributed by atoms with Gasteiger partial charge in [0.1, 0.15) is 17.2 Å². The van der Waals surface area contributed by atoms with Gasteiger partial charge in [0.15, 0.2) is 23.3 Å². The Kier molecular flexibility index (Phi) is 5.89. The highest BCUT2D eigenvalue weighted by Crippen LogP contribution is 2.52. The Morgan fingerprint density at radius 3 is 1.45 bits per heavy atom. The van der Waals surface area contributed by atoms with Gasteiger partial charge in [0.2, 0.25) is 0 Å². The number of alkyl halides is 8. The van der Waals surface area contributed by atoms with Gasteiger partial charge < -0.3 is 0 Å². The van der Waals surface area contributed by atoms with E-state index in [9.17, 15) is 65.0 Å². The Labute approximate surface area is 150 Å². The third-order valence-corrected chi connectivity index (χ3v) is 3.81. The van der Waals surface area contributed by atoms with Crippen molar-refractivity contribution in [3.63, 3.8) is 0 Å². The van der Waals surface area contributed by atoms with Gasteiger partial charge in [-0.3, -0.25) is 0 Å². The predicted molar refractivity (Wildman–Crippen MR) is 60.8 cm³/mol. The zero-order chi connectivity index (χ0) is 23.4. The maximum Gasteiger partial charge on any atom is 0.464 e.